The molecule has 2 N–H and O–H groups in total. The number of nitrogens with zero attached hydrogens (tertiary/aromatic N) is 1. The maximum absolute atomic E-state index is 12.2. The van der Waals surface area contributed by atoms with Crippen LogP contribution in [0.4, 0.5) is 19.0 Å². The normalized spacial score (nSPS) is 14.0. The van der Waals surface area contributed by atoms with Gasteiger partial charge in [-0.1, -0.05) is 19.9 Å². The second kappa shape index (κ2) is 5.38. The van der Waals surface area contributed by atoms with Crippen LogP contribution in [0.15, 0.2) is 18.3 Å². The van der Waals surface area contributed by atoms with E-state index >= 15 is 0 Å². The fourth-order valence-corrected chi connectivity index (χ4v) is 1.91. The van der Waals surface area contributed by atoms with E-state index in [1.807, 2.05) is 13.8 Å². The number of alkyl halides is 3. The van der Waals surface area contributed by atoms with Crippen LogP contribution in [0.25, 0.3) is 0 Å². The first kappa shape index (κ1) is 13.8. The van der Waals surface area contributed by atoms with Crippen molar-refractivity contribution in [3.63, 3.8) is 0 Å². The third-order valence-corrected chi connectivity index (χ3v) is 2.81. The molecule has 0 bridgehead atoms. The van der Waals surface area contributed by atoms with E-state index in [0.717, 1.165) is 0 Å². The molecule has 0 unspecified atom stereocenters. The zero-order chi connectivity index (χ0) is 13.1. The number of rotatable bonds is 4. The molecule has 96 valence electrons. The monoisotopic (exact) mass is 246 g/mol. The molecule has 1 atom stereocenters. The van der Waals surface area contributed by atoms with Crippen molar-refractivity contribution >= 4 is 5.82 Å². The highest BCUT2D eigenvalue weighted by Crippen LogP contribution is 2.35. The number of nitrogen functional groups attached to an aromatic ring is 1. The van der Waals surface area contributed by atoms with Crippen molar-refractivity contribution in [2.24, 2.45) is 5.92 Å². The van der Waals surface area contributed by atoms with Crippen LogP contribution in [-0.2, 0) is 0 Å². The summed E-state index contributed by atoms with van der Waals surface area (Å²) in [6, 6.07) is 3.46. The molecular weight excluding hydrogens is 229 g/mol. The molecule has 0 aliphatic rings. The Morgan fingerprint density at radius 2 is 2.00 bits per heavy atom. The Labute approximate surface area is 99.0 Å². The summed E-state index contributed by atoms with van der Waals surface area (Å²) in [5.74, 6) is 0.225. The highest BCUT2D eigenvalue weighted by molar-refractivity contribution is 5.41. The average molecular weight is 246 g/mol. The summed E-state index contributed by atoms with van der Waals surface area (Å²) in [5.41, 5.74) is 6.42. The molecule has 0 saturated carbocycles. The van der Waals surface area contributed by atoms with Crippen LogP contribution in [0.1, 0.15) is 38.2 Å². The van der Waals surface area contributed by atoms with Gasteiger partial charge in [-0.05, 0) is 29.9 Å². The highest BCUT2D eigenvalue weighted by atomic mass is 19.4. The van der Waals surface area contributed by atoms with Gasteiger partial charge in [-0.2, -0.15) is 13.2 Å². The van der Waals surface area contributed by atoms with E-state index in [1.54, 1.807) is 18.3 Å². The maximum Gasteiger partial charge on any atom is 0.389 e. The van der Waals surface area contributed by atoms with E-state index in [9.17, 15) is 13.2 Å². The second-order valence-corrected chi connectivity index (χ2v) is 4.48. The molecule has 0 radical (unpaired) electrons. The van der Waals surface area contributed by atoms with Gasteiger partial charge in [-0.25, -0.2) is 4.98 Å². The molecule has 0 amide bonds. The largest absolute Gasteiger partial charge is 0.389 e. The maximum atomic E-state index is 12.2. The third kappa shape index (κ3) is 4.24. The molecule has 1 heterocycles. The van der Waals surface area contributed by atoms with Gasteiger partial charge in [-0.15, -0.1) is 0 Å². The fraction of sp³-hybridized carbons (Fsp3) is 0.583. The van der Waals surface area contributed by atoms with E-state index in [0.29, 0.717) is 11.4 Å². The lowest BCUT2D eigenvalue weighted by Gasteiger charge is -2.22. The molecule has 2 nitrogen and oxygen atoms in total. The van der Waals surface area contributed by atoms with E-state index in [1.165, 1.54) is 0 Å². The first-order valence-electron chi connectivity index (χ1n) is 5.58. The Bertz CT molecular complexity index is 361. The SMILES string of the molecule is CC(C)[C@H](CCC(F)(F)F)c1cccnc1N. The summed E-state index contributed by atoms with van der Waals surface area (Å²) in [7, 11) is 0. The van der Waals surface area contributed by atoms with Gasteiger partial charge < -0.3 is 5.73 Å². The smallest absolute Gasteiger partial charge is 0.383 e. The minimum atomic E-state index is -4.12. The zero-order valence-corrected chi connectivity index (χ0v) is 9.96. The quantitative estimate of drug-likeness (QED) is 0.878. The average Bonchev–Trinajstić information content (AvgIpc) is 2.18. The number of anilines is 1. The van der Waals surface area contributed by atoms with Crippen LogP contribution in [0, 0.1) is 5.92 Å². The summed E-state index contributed by atoms with van der Waals surface area (Å²) in [4.78, 5) is 3.92. The minimum absolute atomic E-state index is 0.0526. The van der Waals surface area contributed by atoms with Gasteiger partial charge in [0.1, 0.15) is 5.82 Å². The lowest BCUT2D eigenvalue weighted by atomic mass is 9.85. The predicted octanol–water partition coefficient (Wildman–Crippen LogP) is 3.75. The van der Waals surface area contributed by atoms with Crippen LogP contribution in [0.2, 0.25) is 0 Å². The second-order valence-electron chi connectivity index (χ2n) is 4.48. The standard InChI is InChI=1S/C12H17F3N2/c1-8(2)9(5-6-12(13,14)15)10-4-3-7-17-11(10)16/h3-4,7-9H,5-6H2,1-2H3,(H2,16,17)/t9-/m0/s1. The number of hydrogen-bond donors (Lipinski definition) is 1. The highest BCUT2D eigenvalue weighted by Gasteiger charge is 2.30. The molecule has 0 spiro atoms. The number of hydrogen-bond acceptors (Lipinski definition) is 2. The van der Waals surface area contributed by atoms with Crippen molar-refractivity contribution in [3.05, 3.63) is 23.9 Å². The summed E-state index contributed by atoms with van der Waals surface area (Å²) >= 11 is 0. The van der Waals surface area contributed by atoms with Crippen molar-refractivity contribution in [3.8, 4) is 0 Å². The molecule has 0 aliphatic heterocycles. The number of nitrogens with two attached hydrogens (primary N) is 1. The minimum Gasteiger partial charge on any atom is -0.383 e. The van der Waals surface area contributed by atoms with Gasteiger partial charge in [-0.3, -0.25) is 0 Å². The van der Waals surface area contributed by atoms with Crippen LogP contribution in [0.5, 0.6) is 0 Å². The molecule has 0 saturated heterocycles. The van der Waals surface area contributed by atoms with Crippen LogP contribution in [0.3, 0.4) is 0 Å². The summed E-state index contributed by atoms with van der Waals surface area (Å²) in [5, 5.41) is 0. The Kier molecular flexibility index (Phi) is 4.37. The van der Waals surface area contributed by atoms with E-state index in [-0.39, 0.29) is 18.3 Å². The van der Waals surface area contributed by atoms with Crippen molar-refractivity contribution in [2.75, 3.05) is 5.73 Å². The first-order chi connectivity index (χ1) is 7.81. The van der Waals surface area contributed by atoms with Crippen molar-refractivity contribution < 1.29 is 13.2 Å². The molecule has 0 aromatic carbocycles. The Morgan fingerprint density at radius 3 is 2.47 bits per heavy atom. The van der Waals surface area contributed by atoms with Gasteiger partial charge >= 0.3 is 6.18 Å². The Hall–Kier alpha value is -1.26. The number of aromatic nitrogens is 1. The number of pyridine rings is 1. The lowest BCUT2D eigenvalue weighted by Crippen LogP contribution is -2.15. The molecule has 1 aromatic rings. The lowest BCUT2D eigenvalue weighted by molar-refractivity contribution is -0.136. The summed E-state index contributed by atoms with van der Waals surface area (Å²) in [6.07, 6.45) is -3.31. The van der Waals surface area contributed by atoms with Gasteiger partial charge in [0.05, 0.1) is 0 Å². The Morgan fingerprint density at radius 1 is 1.35 bits per heavy atom. The fourth-order valence-electron chi connectivity index (χ4n) is 1.91. The Balaban J connectivity index is 2.84. The van der Waals surface area contributed by atoms with Gasteiger partial charge in [0.25, 0.3) is 0 Å². The molecule has 1 rings (SSSR count). The van der Waals surface area contributed by atoms with E-state index in [2.05, 4.69) is 4.98 Å². The molecule has 0 fully saturated rings. The third-order valence-electron chi connectivity index (χ3n) is 2.81. The number of halogens is 3. The van der Waals surface area contributed by atoms with Crippen molar-refractivity contribution in [1.82, 2.24) is 4.98 Å². The topological polar surface area (TPSA) is 38.9 Å². The van der Waals surface area contributed by atoms with Gasteiger partial charge in [0, 0.05) is 12.6 Å². The zero-order valence-electron chi connectivity index (χ0n) is 9.96. The van der Waals surface area contributed by atoms with Crippen molar-refractivity contribution in [1.29, 1.82) is 0 Å². The van der Waals surface area contributed by atoms with Gasteiger partial charge in [0.15, 0.2) is 0 Å². The van der Waals surface area contributed by atoms with Crippen molar-refractivity contribution in [2.45, 2.75) is 38.8 Å². The molecule has 5 heteroatoms. The molecule has 0 aliphatic carbocycles. The van der Waals surface area contributed by atoms with E-state index in [4.69, 9.17) is 5.73 Å². The molecule has 1 aromatic heterocycles. The molecule has 17 heavy (non-hydrogen) atoms. The van der Waals surface area contributed by atoms with Crippen LogP contribution in [-0.4, -0.2) is 11.2 Å². The van der Waals surface area contributed by atoms with E-state index < -0.39 is 12.6 Å². The van der Waals surface area contributed by atoms with Crippen LogP contribution < -0.4 is 5.73 Å². The summed E-state index contributed by atoms with van der Waals surface area (Å²) in [6.45, 7) is 3.79. The first-order valence-corrected chi connectivity index (χ1v) is 5.58. The predicted molar refractivity (Wildman–Crippen MR) is 61.5 cm³/mol. The van der Waals surface area contributed by atoms with Crippen LogP contribution >= 0.6 is 0 Å². The summed E-state index contributed by atoms with van der Waals surface area (Å²) < 4.78 is 36.7. The molecular formula is C12H17F3N2. The van der Waals surface area contributed by atoms with Gasteiger partial charge in [0.2, 0.25) is 0 Å².